The lowest BCUT2D eigenvalue weighted by Gasteiger charge is -2.46. The molecule has 10 nitrogen and oxygen atoms in total. The van der Waals surface area contributed by atoms with Crippen molar-refractivity contribution in [1.82, 2.24) is 5.32 Å². The first-order chi connectivity index (χ1) is 14.2. The van der Waals surface area contributed by atoms with Crippen molar-refractivity contribution in [2.24, 2.45) is 0 Å². The molecule has 0 radical (unpaired) electrons. The third kappa shape index (κ3) is 7.24. The zero-order valence-corrected chi connectivity index (χ0v) is 17.9. The van der Waals surface area contributed by atoms with E-state index >= 15 is 0 Å². The second-order valence-electron chi connectivity index (χ2n) is 7.62. The van der Waals surface area contributed by atoms with Crippen LogP contribution >= 0.6 is 0 Å². The van der Waals surface area contributed by atoms with Gasteiger partial charge in [-0.25, -0.2) is 0 Å². The second-order valence-corrected chi connectivity index (χ2v) is 7.62. The predicted molar refractivity (Wildman–Crippen MR) is 102 cm³/mol. The Morgan fingerprint density at radius 1 is 0.867 bits per heavy atom. The van der Waals surface area contributed by atoms with Crippen molar-refractivity contribution < 1.29 is 42.9 Å². The van der Waals surface area contributed by atoms with Crippen LogP contribution in [-0.4, -0.2) is 67.2 Å². The number of esters is 3. The van der Waals surface area contributed by atoms with Crippen LogP contribution in [0.3, 0.4) is 0 Å². The molecule has 10 heteroatoms. The van der Waals surface area contributed by atoms with Crippen LogP contribution in [0.1, 0.15) is 59.8 Å². The molecule has 1 heterocycles. The number of hydrogen-bond donors (Lipinski definition) is 1. The molecule has 30 heavy (non-hydrogen) atoms. The van der Waals surface area contributed by atoms with Crippen molar-refractivity contribution in [3.05, 3.63) is 0 Å². The summed E-state index contributed by atoms with van der Waals surface area (Å²) in [5, 5.41) is 2.70. The molecule has 1 amide bonds. The van der Waals surface area contributed by atoms with Gasteiger partial charge in [0.2, 0.25) is 5.91 Å². The average molecular weight is 429 g/mol. The molecule has 0 aromatic rings. The van der Waals surface area contributed by atoms with Crippen LogP contribution in [0.4, 0.5) is 0 Å². The minimum atomic E-state index is -1.10. The highest BCUT2D eigenvalue weighted by molar-refractivity contribution is 5.73. The van der Waals surface area contributed by atoms with E-state index in [0.717, 1.165) is 32.1 Å². The van der Waals surface area contributed by atoms with Gasteiger partial charge in [0.25, 0.3) is 0 Å². The number of carbonyl (C=O) groups excluding carboxylic acids is 4. The third-order valence-electron chi connectivity index (χ3n) is 4.95. The molecular weight excluding hydrogens is 398 g/mol. The number of ether oxygens (including phenoxy) is 5. The van der Waals surface area contributed by atoms with Gasteiger partial charge in [0.1, 0.15) is 18.8 Å². The molecule has 1 aliphatic carbocycles. The first-order valence-electron chi connectivity index (χ1n) is 10.2. The first kappa shape index (κ1) is 24.1. The molecule has 0 aromatic heterocycles. The highest BCUT2D eigenvalue weighted by Crippen LogP contribution is 2.31. The summed E-state index contributed by atoms with van der Waals surface area (Å²) in [5.41, 5.74) is 0. The maximum absolute atomic E-state index is 11.9. The number of nitrogens with one attached hydrogen (secondary N) is 1. The van der Waals surface area contributed by atoms with E-state index in [0.29, 0.717) is 0 Å². The van der Waals surface area contributed by atoms with Gasteiger partial charge < -0.3 is 29.0 Å². The van der Waals surface area contributed by atoms with E-state index < -0.39 is 54.5 Å². The highest BCUT2D eigenvalue weighted by Gasteiger charge is 2.51. The van der Waals surface area contributed by atoms with Crippen LogP contribution in [0.15, 0.2) is 0 Å². The smallest absolute Gasteiger partial charge is 0.303 e. The van der Waals surface area contributed by atoms with Crippen molar-refractivity contribution in [3.63, 3.8) is 0 Å². The Bertz CT molecular complexity index is 632. The van der Waals surface area contributed by atoms with E-state index in [-0.39, 0.29) is 12.7 Å². The van der Waals surface area contributed by atoms with Gasteiger partial charge in [0.05, 0.1) is 6.10 Å². The Morgan fingerprint density at radius 2 is 1.47 bits per heavy atom. The number of amides is 1. The standard InChI is InChI=1S/C20H31NO9/c1-11(22)21-17-19(28-14(4)25)18(27-13(3)24)16(10-26-12(2)23)30-20(17)29-15-8-6-5-7-9-15/h15-20H,5-10H2,1-4H3,(H,21,22)/t16?,17?,18-,19?,20-/m1/s1. The third-order valence-corrected chi connectivity index (χ3v) is 4.95. The Kier molecular flexibility index (Phi) is 9.04. The number of carbonyl (C=O) groups is 4. The van der Waals surface area contributed by atoms with Gasteiger partial charge >= 0.3 is 17.9 Å². The number of hydrogen-bond acceptors (Lipinski definition) is 9. The van der Waals surface area contributed by atoms with Crippen molar-refractivity contribution in [1.29, 1.82) is 0 Å². The summed E-state index contributed by atoms with van der Waals surface area (Å²) in [4.78, 5) is 46.7. The average Bonchev–Trinajstić information content (AvgIpc) is 2.64. The molecule has 2 fully saturated rings. The molecule has 0 spiro atoms. The second kappa shape index (κ2) is 11.3. The Hall–Kier alpha value is -2.20. The largest absolute Gasteiger partial charge is 0.463 e. The SMILES string of the molecule is CC(=O)NC1C(OC(C)=O)[C@H](OC(C)=O)C(COC(C)=O)O[C@H]1OC1CCCCC1. The molecule has 3 unspecified atom stereocenters. The van der Waals surface area contributed by atoms with E-state index in [9.17, 15) is 19.2 Å². The van der Waals surface area contributed by atoms with E-state index in [2.05, 4.69) is 5.32 Å². The fourth-order valence-corrected chi connectivity index (χ4v) is 3.80. The molecule has 1 N–H and O–H groups in total. The molecule has 5 atom stereocenters. The van der Waals surface area contributed by atoms with Crippen LogP contribution in [-0.2, 0) is 42.9 Å². The van der Waals surface area contributed by atoms with E-state index in [1.165, 1.54) is 27.7 Å². The lowest BCUT2D eigenvalue weighted by molar-refractivity contribution is -0.289. The van der Waals surface area contributed by atoms with Crippen LogP contribution in [0.25, 0.3) is 0 Å². The van der Waals surface area contributed by atoms with Gasteiger partial charge in [-0.3, -0.25) is 19.2 Å². The lowest BCUT2D eigenvalue weighted by Crippen LogP contribution is -2.67. The molecule has 0 bridgehead atoms. The van der Waals surface area contributed by atoms with Gasteiger partial charge in [0.15, 0.2) is 18.5 Å². The molecule has 170 valence electrons. The Labute approximate surface area is 175 Å². The lowest BCUT2D eigenvalue weighted by atomic mass is 9.94. The predicted octanol–water partition coefficient (Wildman–Crippen LogP) is 0.992. The van der Waals surface area contributed by atoms with Gasteiger partial charge in [-0.2, -0.15) is 0 Å². The van der Waals surface area contributed by atoms with Crippen LogP contribution < -0.4 is 5.32 Å². The van der Waals surface area contributed by atoms with Gasteiger partial charge in [0, 0.05) is 27.7 Å². The molecule has 2 rings (SSSR count). The fourth-order valence-electron chi connectivity index (χ4n) is 3.80. The van der Waals surface area contributed by atoms with Crippen LogP contribution in [0, 0.1) is 0 Å². The summed E-state index contributed by atoms with van der Waals surface area (Å²) >= 11 is 0. The zero-order valence-electron chi connectivity index (χ0n) is 17.9. The Balaban J connectivity index is 2.34. The maximum atomic E-state index is 11.9. The summed E-state index contributed by atoms with van der Waals surface area (Å²) in [6.07, 6.45) is 0.643. The van der Waals surface area contributed by atoms with Gasteiger partial charge in [-0.05, 0) is 12.8 Å². The van der Waals surface area contributed by atoms with E-state index in [1.807, 2.05) is 0 Å². The highest BCUT2D eigenvalue weighted by atomic mass is 16.7. The summed E-state index contributed by atoms with van der Waals surface area (Å²) in [6.45, 7) is 4.73. The van der Waals surface area contributed by atoms with Crippen molar-refractivity contribution in [3.8, 4) is 0 Å². The zero-order chi connectivity index (χ0) is 22.3. The van der Waals surface area contributed by atoms with Crippen molar-refractivity contribution in [2.75, 3.05) is 6.61 Å². The molecule has 1 saturated heterocycles. The minimum absolute atomic E-state index is 0.0855. The van der Waals surface area contributed by atoms with Crippen molar-refractivity contribution in [2.45, 2.75) is 96.5 Å². The fraction of sp³-hybridized carbons (Fsp3) is 0.800. The molecule has 2 aliphatic rings. The first-order valence-corrected chi connectivity index (χ1v) is 10.2. The molecule has 1 aliphatic heterocycles. The minimum Gasteiger partial charge on any atom is -0.463 e. The quantitative estimate of drug-likeness (QED) is 0.466. The number of rotatable bonds is 7. The molecule has 0 aromatic carbocycles. The normalized spacial score (nSPS) is 29.5. The van der Waals surface area contributed by atoms with E-state index in [1.54, 1.807) is 0 Å². The maximum Gasteiger partial charge on any atom is 0.303 e. The van der Waals surface area contributed by atoms with Gasteiger partial charge in [-0.1, -0.05) is 19.3 Å². The Morgan fingerprint density at radius 3 is 2.00 bits per heavy atom. The van der Waals surface area contributed by atoms with Crippen molar-refractivity contribution >= 4 is 23.8 Å². The van der Waals surface area contributed by atoms with Gasteiger partial charge in [-0.15, -0.1) is 0 Å². The summed E-state index contributed by atoms with van der Waals surface area (Å²) in [7, 11) is 0. The monoisotopic (exact) mass is 429 g/mol. The van der Waals surface area contributed by atoms with Crippen LogP contribution in [0.2, 0.25) is 0 Å². The van der Waals surface area contributed by atoms with Crippen LogP contribution in [0.5, 0.6) is 0 Å². The summed E-state index contributed by atoms with van der Waals surface area (Å²) in [6, 6.07) is -0.911. The summed E-state index contributed by atoms with van der Waals surface area (Å²) < 4.78 is 28.0. The molecule has 1 saturated carbocycles. The topological polar surface area (TPSA) is 126 Å². The summed E-state index contributed by atoms with van der Waals surface area (Å²) in [5.74, 6) is -2.20. The molecular formula is C20H31NO9. The van der Waals surface area contributed by atoms with E-state index in [4.69, 9.17) is 23.7 Å².